The normalized spacial score (nSPS) is 29.4. The largest absolute Gasteiger partial charge is 0.508 e. The van der Waals surface area contributed by atoms with E-state index >= 15 is 0 Å². The third-order valence-electron chi connectivity index (χ3n) is 11.8. The number of esters is 3. The van der Waals surface area contributed by atoms with Gasteiger partial charge in [-0.15, -0.1) is 0 Å². The Labute approximate surface area is 431 Å². The zero-order valence-corrected chi connectivity index (χ0v) is 43.5. The number of carbonyl (C=O) groups is 9. The number of ether oxygens (including phenoxy) is 7. The van der Waals surface area contributed by atoms with Crippen LogP contribution in [-0.4, -0.2) is 214 Å². The molecule has 27 nitrogen and oxygen atoms in total. The maximum atomic E-state index is 14.7. The number of Topliss-reactive ketones (excluding diaryl/α,β-unsaturated/α-hetero) is 1. The molecule has 15 atom stereocenters. The van der Waals surface area contributed by atoms with E-state index in [2.05, 4.69) is 16.0 Å². The second kappa shape index (κ2) is 26.4. The number of ketones is 1. The lowest BCUT2D eigenvalue weighted by atomic mass is 9.74. The molecule has 410 valence electrons. The van der Waals surface area contributed by atoms with Crippen LogP contribution in [0.2, 0.25) is 0 Å². The van der Waals surface area contributed by atoms with Gasteiger partial charge in [0, 0.05) is 51.1 Å². The van der Waals surface area contributed by atoms with Crippen molar-refractivity contribution < 1.29 is 112 Å². The van der Waals surface area contributed by atoms with Crippen LogP contribution in [0, 0.1) is 11.3 Å². The summed E-state index contributed by atoms with van der Waals surface area (Å²) in [6.45, 7) is 9.44. The number of aliphatic hydroxyl groups excluding tert-OH is 2. The first kappa shape index (κ1) is 62.2. The molecule has 73 heavy (non-hydrogen) atoms. The number of amides is 2. The van der Waals surface area contributed by atoms with Gasteiger partial charge in [0.05, 0.1) is 24.5 Å². The molecule has 2 aliphatic heterocycles. The highest BCUT2D eigenvalue weighted by Gasteiger charge is 2.62. The topological polar surface area (TPSA) is 420 Å². The predicted octanol–water partition coefficient (Wildman–Crippen LogP) is -1.66. The Kier molecular flexibility index (Phi) is 22.5. The summed E-state index contributed by atoms with van der Waals surface area (Å²) in [5.74, 6) is -13.5. The van der Waals surface area contributed by atoms with Crippen LogP contribution in [-0.2, 0) is 76.3 Å². The number of aliphatic carboxylic acids is 3. The first-order valence-electron chi connectivity index (χ1n) is 22.3. The maximum Gasteiger partial charge on any atom is 0.341 e. The second-order valence-electron chi connectivity index (χ2n) is 17.5. The lowest BCUT2D eigenvalue weighted by Gasteiger charge is -2.52. The van der Waals surface area contributed by atoms with Gasteiger partial charge in [-0.05, 0) is 13.8 Å². The summed E-state index contributed by atoms with van der Waals surface area (Å²) >= 11 is 6.90. The Hall–Kier alpha value is -5.05. The molecule has 1 aliphatic carbocycles. The van der Waals surface area contributed by atoms with Gasteiger partial charge in [-0.25, -0.2) is 19.2 Å². The van der Waals surface area contributed by atoms with Crippen molar-refractivity contribution in [3.63, 3.8) is 0 Å². The summed E-state index contributed by atoms with van der Waals surface area (Å²) in [5.41, 5.74) is -7.85. The van der Waals surface area contributed by atoms with Gasteiger partial charge in [-0.1, -0.05) is 44.8 Å². The van der Waals surface area contributed by atoms with Crippen LogP contribution in [0.4, 0.5) is 0 Å². The molecule has 3 aliphatic rings. The number of thioether (sulfide) groups is 2. The van der Waals surface area contributed by atoms with Gasteiger partial charge < -0.3 is 84.9 Å². The van der Waals surface area contributed by atoms with Crippen molar-refractivity contribution in [1.82, 2.24) is 16.0 Å². The van der Waals surface area contributed by atoms with E-state index < -0.39 is 186 Å². The van der Waals surface area contributed by atoms with Crippen molar-refractivity contribution in [3.8, 4) is 0 Å². The van der Waals surface area contributed by atoms with Crippen molar-refractivity contribution in [2.75, 3.05) is 25.2 Å². The molecule has 0 saturated carbocycles. The molecule has 0 radical (unpaired) electrons. The smallest absolute Gasteiger partial charge is 0.341 e. The van der Waals surface area contributed by atoms with Gasteiger partial charge in [0.2, 0.25) is 11.8 Å². The molecule has 0 spiro atoms. The number of carboxylic acids is 3. The number of methoxy groups -OCH3 is 1. The standard InChI is InChI=1S/C43H62N4O23S3/c1-15(2)39(60)67-18(5)43(63)17(4)66-27(10-26(43)64-9)69-33-31(52)35(42(62)11-24(51)29(44)28(34(42)53)38(58)59)68-25(12-65-21(8)50)32(33)70-40(61)30(16(3)72-13-22(36(54)55)45-19(6)48)47-41(71)73-14-23(37(56)57)46-20(7)49/h15-18,22-23,25-27,30-33,35,44,52-53,62-63H,10-14H2,1-9H3,(H,45,48)(H,46,49)(H,47,71)(H,54,55)(H,56,57)(H,58,59)/t16?,17?,18-,22?,23?,25?,26?,27?,30?,31?,32?,33?,35-,42+,43?/m0/s1. The number of nitrogens with one attached hydrogen (secondary N) is 4. The summed E-state index contributed by atoms with van der Waals surface area (Å²) in [4.78, 5) is 112. The quantitative estimate of drug-likeness (QED) is 0.0310. The average Bonchev–Trinajstić information content (AvgIpc) is 3.28. The van der Waals surface area contributed by atoms with E-state index in [1.54, 1.807) is 13.8 Å². The first-order chi connectivity index (χ1) is 33.8. The van der Waals surface area contributed by atoms with Gasteiger partial charge in [0.1, 0.15) is 76.6 Å². The van der Waals surface area contributed by atoms with E-state index in [1.807, 2.05) is 0 Å². The van der Waals surface area contributed by atoms with Crippen LogP contribution in [0.25, 0.3) is 0 Å². The minimum atomic E-state index is -3.19. The van der Waals surface area contributed by atoms with E-state index in [1.165, 1.54) is 27.9 Å². The second-order valence-corrected chi connectivity index (χ2v) is 20.7. The van der Waals surface area contributed by atoms with Crippen LogP contribution in [0.5, 0.6) is 0 Å². The number of carboxylic acid groups (broad SMARTS) is 3. The zero-order chi connectivity index (χ0) is 55.6. The molecule has 2 amide bonds. The van der Waals surface area contributed by atoms with Crippen LogP contribution >= 0.6 is 35.7 Å². The van der Waals surface area contributed by atoms with E-state index in [9.17, 15) is 78.9 Å². The Morgan fingerprint density at radius 1 is 0.890 bits per heavy atom. The molecule has 2 fully saturated rings. The highest BCUT2D eigenvalue weighted by Crippen LogP contribution is 2.42. The van der Waals surface area contributed by atoms with Crippen LogP contribution in [0.15, 0.2) is 11.3 Å². The minimum absolute atomic E-state index is 0.269. The third-order valence-corrected chi connectivity index (χ3v) is 14.5. The lowest BCUT2D eigenvalue weighted by Crippen LogP contribution is -2.70. The first-order valence-corrected chi connectivity index (χ1v) is 24.8. The van der Waals surface area contributed by atoms with E-state index in [0.29, 0.717) is 11.8 Å². The summed E-state index contributed by atoms with van der Waals surface area (Å²) in [5, 5.41) is 91.2. The summed E-state index contributed by atoms with van der Waals surface area (Å²) < 4.78 is 40.6. The van der Waals surface area contributed by atoms with Gasteiger partial charge >= 0.3 is 35.8 Å². The molecule has 12 unspecified atom stereocenters. The Morgan fingerprint density at radius 3 is 1.97 bits per heavy atom. The van der Waals surface area contributed by atoms with Crippen molar-refractivity contribution >= 4 is 99.2 Å². The molecular weight excluding hydrogens is 1040 g/mol. The Bertz CT molecular complexity index is 2180. The molecule has 11 N–H and O–H groups in total. The number of carbonyl (C=O) groups excluding carboxylic acids is 6. The molecule has 0 aromatic rings. The summed E-state index contributed by atoms with van der Waals surface area (Å²) in [6.07, 6.45) is -18.1. The van der Waals surface area contributed by atoms with Crippen LogP contribution in [0.1, 0.15) is 68.2 Å². The fourth-order valence-corrected chi connectivity index (χ4v) is 10.1. The highest BCUT2D eigenvalue weighted by atomic mass is 32.2. The molecule has 0 aromatic heterocycles. The number of aliphatic hydroxyl groups is 4. The van der Waals surface area contributed by atoms with Gasteiger partial charge in [0.15, 0.2) is 29.4 Å². The fraction of sp³-hybridized carbons (Fsp3) is 0.698. The molecule has 0 aromatic carbocycles. The van der Waals surface area contributed by atoms with Crippen molar-refractivity contribution in [1.29, 1.82) is 5.41 Å². The Morgan fingerprint density at radius 2 is 1.47 bits per heavy atom. The van der Waals surface area contributed by atoms with Gasteiger partial charge in [0.25, 0.3) is 0 Å². The number of rotatable bonds is 23. The predicted molar refractivity (Wildman–Crippen MR) is 255 cm³/mol. The maximum absolute atomic E-state index is 14.7. The lowest BCUT2D eigenvalue weighted by molar-refractivity contribution is -0.345. The van der Waals surface area contributed by atoms with Crippen molar-refractivity contribution in [2.45, 2.75) is 158 Å². The van der Waals surface area contributed by atoms with Gasteiger partial charge in [-0.3, -0.25) is 29.4 Å². The summed E-state index contributed by atoms with van der Waals surface area (Å²) in [7, 11) is 1.20. The molecular formula is C43H62N4O23S3. The van der Waals surface area contributed by atoms with E-state index in [0.717, 1.165) is 32.5 Å². The van der Waals surface area contributed by atoms with E-state index in [4.69, 9.17) is 50.8 Å². The molecule has 2 saturated heterocycles. The average molecular weight is 1100 g/mol. The van der Waals surface area contributed by atoms with Crippen LogP contribution < -0.4 is 16.0 Å². The van der Waals surface area contributed by atoms with Crippen molar-refractivity contribution in [2.24, 2.45) is 5.92 Å². The third kappa shape index (κ3) is 15.5. The number of hydrogen-bond acceptors (Lipinski definition) is 24. The molecule has 3 rings (SSSR count). The SMILES string of the molecule is COC1CC(OC2C(OC(=O)C(NC(=S)SCC(NC(C)=O)C(=O)O)C(C)SCC(NC(C)=O)C(=O)O)C(COC(C)=O)O[C@H]([C@@]3(O)CC(=O)C(=N)C(C(=O)O)=C3O)C2O)OC(C)C1(O)[C@H](C)OC(=O)C(C)C. The Balaban J connectivity index is 2.23. The minimum Gasteiger partial charge on any atom is -0.508 e. The van der Waals surface area contributed by atoms with E-state index in [-0.39, 0.29) is 15.8 Å². The number of hydrogen-bond donors (Lipinski definition) is 11. The number of thiocarbonyl (C=S) groups is 1. The molecule has 2 heterocycles. The summed E-state index contributed by atoms with van der Waals surface area (Å²) in [6, 6.07) is -4.65. The molecule has 0 bridgehead atoms. The van der Waals surface area contributed by atoms with Crippen molar-refractivity contribution in [3.05, 3.63) is 11.3 Å². The monoisotopic (exact) mass is 1100 g/mol. The van der Waals surface area contributed by atoms with Gasteiger partial charge in [-0.2, -0.15) is 11.8 Å². The zero-order valence-electron chi connectivity index (χ0n) is 41.0. The fourth-order valence-electron chi connectivity index (χ4n) is 7.94. The molecule has 30 heteroatoms. The van der Waals surface area contributed by atoms with Crippen LogP contribution in [0.3, 0.4) is 0 Å². The highest BCUT2D eigenvalue weighted by molar-refractivity contribution is 8.23.